The first kappa shape index (κ1) is 11.5. The molecule has 1 atom stereocenters. The Morgan fingerprint density at radius 2 is 2.53 bits per heavy atom. The Labute approximate surface area is 85.7 Å². The van der Waals surface area contributed by atoms with E-state index in [0.29, 0.717) is 0 Å². The number of carboxylic acid groups (broad SMARTS) is 1. The summed E-state index contributed by atoms with van der Waals surface area (Å²) in [7, 11) is 1.49. The average Bonchev–Trinajstić information content (AvgIpc) is 2.65. The zero-order valence-electron chi connectivity index (χ0n) is 8.14. The molecule has 7 nitrogen and oxygen atoms in total. The van der Waals surface area contributed by atoms with Crippen LogP contribution in [0.3, 0.4) is 0 Å². The second-order valence-corrected chi connectivity index (χ2v) is 2.82. The normalized spacial score (nSPS) is 12.4. The Morgan fingerprint density at radius 3 is 3.00 bits per heavy atom. The summed E-state index contributed by atoms with van der Waals surface area (Å²) in [4.78, 5) is 14.1. The number of hydrogen-bond acceptors (Lipinski definition) is 6. The van der Waals surface area contributed by atoms with Gasteiger partial charge in [-0.25, -0.2) is 4.79 Å². The van der Waals surface area contributed by atoms with Gasteiger partial charge in [0.15, 0.2) is 5.69 Å². The maximum absolute atomic E-state index is 10.5. The first-order valence-electron chi connectivity index (χ1n) is 4.22. The molecule has 0 radical (unpaired) electrons. The third-order valence-electron chi connectivity index (χ3n) is 1.64. The van der Waals surface area contributed by atoms with Crippen molar-refractivity contribution in [1.29, 1.82) is 0 Å². The van der Waals surface area contributed by atoms with Gasteiger partial charge in [-0.1, -0.05) is 0 Å². The number of nitrogens with one attached hydrogen (secondary N) is 1. The van der Waals surface area contributed by atoms with E-state index in [4.69, 9.17) is 19.4 Å². The van der Waals surface area contributed by atoms with Crippen molar-refractivity contribution in [3.8, 4) is 0 Å². The van der Waals surface area contributed by atoms with Crippen LogP contribution in [0.5, 0.6) is 0 Å². The molecular formula is C8H12N2O5. The van der Waals surface area contributed by atoms with Crippen molar-refractivity contribution in [3.63, 3.8) is 0 Å². The highest BCUT2D eigenvalue weighted by Gasteiger charge is 2.13. The number of aliphatic hydroxyl groups excluding tert-OH is 1. The lowest BCUT2D eigenvalue weighted by atomic mass is 10.3. The molecular weight excluding hydrogens is 204 g/mol. The van der Waals surface area contributed by atoms with Gasteiger partial charge in [0.2, 0.25) is 0 Å². The van der Waals surface area contributed by atoms with E-state index >= 15 is 0 Å². The number of aromatic carboxylic acids is 1. The zero-order chi connectivity index (χ0) is 11.3. The van der Waals surface area contributed by atoms with E-state index < -0.39 is 5.97 Å². The minimum atomic E-state index is -1.17. The number of oxazole rings is 1. The van der Waals surface area contributed by atoms with Gasteiger partial charge < -0.3 is 24.7 Å². The quantitative estimate of drug-likeness (QED) is 0.604. The topological polar surface area (TPSA) is 105 Å². The number of rotatable bonds is 6. The van der Waals surface area contributed by atoms with E-state index in [0.717, 1.165) is 6.26 Å². The fourth-order valence-electron chi connectivity index (χ4n) is 0.954. The van der Waals surface area contributed by atoms with Crippen LogP contribution in [0.15, 0.2) is 10.7 Å². The lowest BCUT2D eigenvalue weighted by Crippen LogP contribution is -2.28. The van der Waals surface area contributed by atoms with Crippen LogP contribution >= 0.6 is 0 Å². The van der Waals surface area contributed by atoms with Gasteiger partial charge in [-0.3, -0.25) is 0 Å². The molecule has 1 heterocycles. The van der Waals surface area contributed by atoms with E-state index in [2.05, 4.69) is 10.3 Å². The van der Waals surface area contributed by atoms with Gasteiger partial charge in [0.1, 0.15) is 6.26 Å². The van der Waals surface area contributed by atoms with Gasteiger partial charge in [0.05, 0.1) is 19.3 Å². The molecule has 0 fully saturated rings. The second kappa shape index (κ2) is 5.32. The summed E-state index contributed by atoms with van der Waals surface area (Å²) < 4.78 is 9.65. The fourth-order valence-corrected chi connectivity index (χ4v) is 0.954. The highest BCUT2D eigenvalue weighted by atomic mass is 16.5. The van der Waals surface area contributed by atoms with Crippen LogP contribution in [0.4, 0.5) is 6.01 Å². The summed E-state index contributed by atoms with van der Waals surface area (Å²) in [5.41, 5.74) is -0.188. The van der Waals surface area contributed by atoms with Crippen molar-refractivity contribution >= 4 is 12.0 Å². The summed E-state index contributed by atoms with van der Waals surface area (Å²) in [5.74, 6) is -1.17. The number of methoxy groups -OCH3 is 1. The average molecular weight is 216 g/mol. The van der Waals surface area contributed by atoms with E-state index in [1.54, 1.807) is 0 Å². The molecule has 0 amide bonds. The molecule has 1 aromatic rings. The van der Waals surface area contributed by atoms with Gasteiger partial charge in [-0.2, -0.15) is 4.98 Å². The van der Waals surface area contributed by atoms with Crippen LogP contribution in [0.2, 0.25) is 0 Å². The van der Waals surface area contributed by atoms with Crippen LogP contribution in [0.25, 0.3) is 0 Å². The maximum Gasteiger partial charge on any atom is 0.357 e. The van der Waals surface area contributed by atoms with Gasteiger partial charge in [0, 0.05) is 7.11 Å². The number of carboxylic acids is 1. The molecule has 0 bridgehead atoms. The molecule has 0 aliphatic heterocycles. The molecule has 0 aliphatic carbocycles. The molecule has 15 heavy (non-hydrogen) atoms. The number of anilines is 1. The smallest absolute Gasteiger partial charge is 0.357 e. The number of aliphatic hydroxyl groups is 1. The molecule has 0 saturated carbocycles. The number of carbonyl (C=O) groups is 1. The molecule has 7 heteroatoms. The first-order valence-corrected chi connectivity index (χ1v) is 4.22. The summed E-state index contributed by atoms with van der Waals surface area (Å²) in [5, 5.41) is 20.2. The predicted octanol–water partition coefficient (Wildman–Crippen LogP) is -0.208. The number of hydrogen-bond donors (Lipinski definition) is 3. The van der Waals surface area contributed by atoms with Crippen molar-refractivity contribution in [3.05, 3.63) is 12.0 Å². The highest BCUT2D eigenvalue weighted by Crippen LogP contribution is 2.08. The molecule has 0 spiro atoms. The standard InChI is InChI=1S/C8H12N2O5/c1-14-3-5(2-11)9-8-10-6(4-15-8)7(12)13/h4-5,11H,2-3H2,1H3,(H,9,10)(H,12,13). The molecule has 84 valence electrons. The minimum absolute atomic E-state index is 0.0449. The van der Waals surface area contributed by atoms with Crippen LogP contribution in [-0.4, -0.2) is 47.5 Å². The molecule has 3 N–H and O–H groups in total. The van der Waals surface area contributed by atoms with Crippen LogP contribution in [0, 0.1) is 0 Å². The zero-order valence-corrected chi connectivity index (χ0v) is 8.14. The molecule has 1 rings (SSSR count). The van der Waals surface area contributed by atoms with Crippen LogP contribution < -0.4 is 5.32 Å². The van der Waals surface area contributed by atoms with Crippen LogP contribution in [0.1, 0.15) is 10.5 Å². The van der Waals surface area contributed by atoms with E-state index in [1.807, 2.05) is 0 Å². The molecule has 0 aliphatic rings. The summed E-state index contributed by atoms with van der Waals surface area (Å²) in [6.45, 7) is 0.0971. The third-order valence-corrected chi connectivity index (χ3v) is 1.64. The van der Waals surface area contributed by atoms with E-state index in [9.17, 15) is 4.79 Å². The predicted molar refractivity (Wildman–Crippen MR) is 49.8 cm³/mol. The molecule has 0 aromatic carbocycles. The van der Waals surface area contributed by atoms with Gasteiger partial charge in [-0.05, 0) is 0 Å². The van der Waals surface area contributed by atoms with E-state index in [-0.39, 0.29) is 31.0 Å². The monoisotopic (exact) mass is 216 g/mol. The lowest BCUT2D eigenvalue weighted by Gasteiger charge is -2.12. The molecule has 1 aromatic heterocycles. The van der Waals surface area contributed by atoms with Gasteiger partial charge in [-0.15, -0.1) is 0 Å². The summed E-state index contributed by atoms with van der Waals surface area (Å²) >= 11 is 0. The molecule has 0 saturated heterocycles. The third kappa shape index (κ3) is 3.22. The number of nitrogens with zero attached hydrogens (tertiary/aromatic N) is 1. The van der Waals surface area contributed by atoms with Gasteiger partial charge >= 0.3 is 5.97 Å². The number of ether oxygens (including phenoxy) is 1. The molecule has 1 unspecified atom stereocenters. The minimum Gasteiger partial charge on any atom is -0.476 e. The number of aromatic nitrogens is 1. The van der Waals surface area contributed by atoms with Crippen molar-refractivity contribution in [1.82, 2.24) is 4.98 Å². The van der Waals surface area contributed by atoms with Crippen LogP contribution in [-0.2, 0) is 4.74 Å². The van der Waals surface area contributed by atoms with Crippen molar-refractivity contribution < 1.29 is 24.2 Å². The first-order chi connectivity index (χ1) is 7.17. The Kier molecular flexibility index (Phi) is 4.07. The Hall–Kier alpha value is -1.60. The fraction of sp³-hybridized carbons (Fsp3) is 0.500. The summed E-state index contributed by atoms with van der Waals surface area (Å²) in [6, 6.07) is -0.334. The maximum atomic E-state index is 10.5. The lowest BCUT2D eigenvalue weighted by molar-refractivity contribution is 0.0690. The van der Waals surface area contributed by atoms with E-state index in [1.165, 1.54) is 7.11 Å². The Morgan fingerprint density at radius 1 is 1.80 bits per heavy atom. The van der Waals surface area contributed by atoms with Crippen molar-refractivity contribution in [2.45, 2.75) is 6.04 Å². The summed E-state index contributed by atoms with van der Waals surface area (Å²) in [6.07, 6.45) is 1.02. The Balaban J connectivity index is 2.59. The van der Waals surface area contributed by atoms with Gasteiger partial charge in [0.25, 0.3) is 6.01 Å². The van der Waals surface area contributed by atoms with Crippen molar-refractivity contribution in [2.75, 3.05) is 25.6 Å². The second-order valence-electron chi connectivity index (χ2n) is 2.82. The largest absolute Gasteiger partial charge is 0.476 e. The SMILES string of the molecule is COCC(CO)Nc1nc(C(=O)O)co1. The highest BCUT2D eigenvalue weighted by molar-refractivity contribution is 5.85. The van der Waals surface area contributed by atoms with Crippen molar-refractivity contribution in [2.24, 2.45) is 0 Å². The Bertz CT molecular complexity index is 325.